The van der Waals surface area contributed by atoms with Gasteiger partial charge in [-0.15, -0.1) is 0 Å². The molecule has 0 radical (unpaired) electrons. The summed E-state index contributed by atoms with van der Waals surface area (Å²) in [5.74, 6) is 0.564. The molecule has 1 aliphatic heterocycles. The Bertz CT molecular complexity index is 799. The third kappa shape index (κ3) is 3.03. The summed E-state index contributed by atoms with van der Waals surface area (Å²) in [6.45, 7) is 9.47. The van der Waals surface area contributed by atoms with Crippen LogP contribution in [0.25, 0.3) is 11.0 Å². The smallest absolute Gasteiger partial charge is 0.254 e. The first-order valence-corrected chi connectivity index (χ1v) is 9.27. The molecule has 6 nitrogen and oxygen atoms in total. The highest BCUT2D eigenvalue weighted by Crippen LogP contribution is 2.40. The van der Waals surface area contributed by atoms with Crippen LogP contribution in [0.5, 0.6) is 0 Å². The van der Waals surface area contributed by atoms with E-state index in [0.717, 1.165) is 35.1 Å². The first-order chi connectivity index (χ1) is 11.9. The summed E-state index contributed by atoms with van der Waals surface area (Å²) in [4.78, 5) is 20.0. The van der Waals surface area contributed by atoms with Crippen LogP contribution in [0.1, 0.15) is 68.5 Å². The van der Waals surface area contributed by atoms with Crippen LogP contribution in [0.3, 0.4) is 0 Å². The Morgan fingerprint density at radius 1 is 1.24 bits per heavy atom. The molecular formula is C19H26N4O2. The highest BCUT2D eigenvalue weighted by molar-refractivity contribution is 6.05. The van der Waals surface area contributed by atoms with E-state index in [4.69, 9.17) is 9.72 Å². The van der Waals surface area contributed by atoms with Gasteiger partial charge >= 0.3 is 0 Å². The molecule has 1 aliphatic carbocycles. The molecule has 0 unspecified atom stereocenters. The van der Waals surface area contributed by atoms with Gasteiger partial charge in [0.25, 0.3) is 5.91 Å². The third-order valence-electron chi connectivity index (χ3n) is 5.01. The lowest BCUT2D eigenvalue weighted by atomic mass is 10.1. The minimum atomic E-state index is 0.0614. The van der Waals surface area contributed by atoms with Crippen LogP contribution in [0.15, 0.2) is 12.3 Å². The second-order valence-corrected chi connectivity index (χ2v) is 7.76. The fourth-order valence-corrected chi connectivity index (χ4v) is 3.69. The fraction of sp³-hybridized carbons (Fsp3) is 0.632. The zero-order valence-corrected chi connectivity index (χ0v) is 15.4. The summed E-state index contributed by atoms with van der Waals surface area (Å²) in [6.07, 6.45) is 4.23. The van der Waals surface area contributed by atoms with Crippen molar-refractivity contribution >= 4 is 16.9 Å². The van der Waals surface area contributed by atoms with Gasteiger partial charge in [0, 0.05) is 30.7 Å². The van der Waals surface area contributed by atoms with Crippen molar-refractivity contribution in [3.8, 4) is 0 Å². The SMILES string of the molecule is CC(C)n1ncc2c(C(=O)N3C[C@@H](C)O[C@H](C)C3)cc(C3CC3)nc21. The lowest BCUT2D eigenvalue weighted by Gasteiger charge is -2.35. The van der Waals surface area contributed by atoms with Crippen molar-refractivity contribution in [1.82, 2.24) is 19.7 Å². The second-order valence-electron chi connectivity index (χ2n) is 7.76. The van der Waals surface area contributed by atoms with E-state index in [1.165, 1.54) is 0 Å². The van der Waals surface area contributed by atoms with Crippen LogP contribution < -0.4 is 0 Å². The summed E-state index contributed by atoms with van der Waals surface area (Å²) in [6, 6.07) is 2.21. The Balaban J connectivity index is 1.78. The maximum atomic E-state index is 13.3. The van der Waals surface area contributed by atoms with Crippen molar-refractivity contribution in [1.29, 1.82) is 0 Å². The number of rotatable bonds is 3. The van der Waals surface area contributed by atoms with E-state index in [9.17, 15) is 4.79 Å². The molecule has 25 heavy (non-hydrogen) atoms. The number of hydrogen-bond donors (Lipinski definition) is 0. The first-order valence-electron chi connectivity index (χ1n) is 9.27. The molecule has 2 fully saturated rings. The molecule has 0 N–H and O–H groups in total. The predicted molar refractivity (Wildman–Crippen MR) is 95.8 cm³/mol. The number of hydrogen-bond acceptors (Lipinski definition) is 4. The number of carbonyl (C=O) groups is 1. The average Bonchev–Trinajstić information content (AvgIpc) is 3.31. The number of amides is 1. The molecule has 2 aromatic rings. The summed E-state index contributed by atoms with van der Waals surface area (Å²) in [5, 5.41) is 5.35. The number of fused-ring (bicyclic) bond motifs is 1. The lowest BCUT2D eigenvalue weighted by Crippen LogP contribution is -2.48. The summed E-state index contributed by atoms with van der Waals surface area (Å²) < 4.78 is 7.69. The number of aromatic nitrogens is 3. The number of pyridine rings is 1. The molecule has 2 aliphatic rings. The van der Waals surface area contributed by atoms with E-state index in [-0.39, 0.29) is 24.2 Å². The molecule has 4 rings (SSSR count). The predicted octanol–water partition coefficient (Wildman–Crippen LogP) is 3.14. The molecule has 1 saturated carbocycles. The maximum Gasteiger partial charge on any atom is 0.254 e. The second kappa shape index (κ2) is 6.09. The van der Waals surface area contributed by atoms with Gasteiger partial charge in [0.1, 0.15) is 0 Å². The van der Waals surface area contributed by atoms with Gasteiger partial charge in [-0.3, -0.25) is 4.79 Å². The standard InChI is InChI=1S/C19H26N4O2/c1-11(2)23-18-16(8-20-23)15(7-17(21-18)14-5-6-14)19(24)22-9-12(3)25-13(4)10-22/h7-8,11-14H,5-6,9-10H2,1-4H3/t12-,13-/m1/s1. The molecule has 1 saturated heterocycles. The van der Waals surface area contributed by atoms with E-state index >= 15 is 0 Å². The quantitative estimate of drug-likeness (QED) is 0.860. The van der Waals surface area contributed by atoms with Crippen molar-refractivity contribution in [2.75, 3.05) is 13.1 Å². The normalized spacial score (nSPS) is 24.3. The Hall–Kier alpha value is -1.95. The van der Waals surface area contributed by atoms with Gasteiger partial charge in [-0.2, -0.15) is 5.10 Å². The molecule has 0 aromatic carbocycles. The van der Waals surface area contributed by atoms with Gasteiger partial charge in [0.15, 0.2) is 5.65 Å². The first kappa shape index (κ1) is 16.5. The Labute approximate surface area is 148 Å². The molecule has 1 amide bonds. The molecule has 6 heteroatoms. The van der Waals surface area contributed by atoms with Crippen LogP contribution in [0.2, 0.25) is 0 Å². The summed E-state index contributed by atoms with van der Waals surface area (Å²) >= 11 is 0. The molecular weight excluding hydrogens is 316 g/mol. The van der Waals surface area contributed by atoms with Crippen molar-refractivity contribution in [3.05, 3.63) is 23.5 Å². The average molecular weight is 342 g/mol. The largest absolute Gasteiger partial charge is 0.372 e. The van der Waals surface area contributed by atoms with Crippen LogP contribution >= 0.6 is 0 Å². The fourth-order valence-electron chi connectivity index (χ4n) is 3.69. The van der Waals surface area contributed by atoms with Gasteiger partial charge in [0.2, 0.25) is 0 Å². The van der Waals surface area contributed by atoms with Gasteiger partial charge in [-0.1, -0.05) is 0 Å². The number of carbonyl (C=O) groups excluding carboxylic acids is 1. The van der Waals surface area contributed by atoms with Crippen molar-refractivity contribution in [2.24, 2.45) is 0 Å². The van der Waals surface area contributed by atoms with Gasteiger partial charge in [-0.25, -0.2) is 9.67 Å². The van der Waals surface area contributed by atoms with Crippen LogP contribution in [0.4, 0.5) is 0 Å². The monoisotopic (exact) mass is 342 g/mol. The van der Waals surface area contributed by atoms with E-state index in [1.54, 1.807) is 6.20 Å². The van der Waals surface area contributed by atoms with Crippen LogP contribution in [-0.4, -0.2) is 50.9 Å². The molecule has 134 valence electrons. The van der Waals surface area contributed by atoms with Gasteiger partial charge in [-0.05, 0) is 46.6 Å². The van der Waals surface area contributed by atoms with Crippen LogP contribution in [-0.2, 0) is 4.74 Å². The highest BCUT2D eigenvalue weighted by Gasteiger charge is 2.31. The maximum absolute atomic E-state index is 13.3. The zero-order valence-electron chi connectivity index (χ0n) is 15.4. The van der Waals surface area contributed by atoms with Crippen LogP contribution in [0, 0.1) is 0 Å². The van der Waals surface area contributed by atoms with Gasteiger partial charge < -0.3 is 9.64 Å². The third-order valence-corrected chi connectivity index (χ3v) is 5.01. The van der Waals surface area contributed by atoms with E-state index < -0.39 is 0 Å². The highest BCUT2D eigenvalue weighted by atomic mass is 16.5. The number of nitrogens with zero attached hydrogens (tertiary/aromatic N) is 4. The van der Waals surface area contributed by atoms with E-state index in [1.807, 2.05) is 29.5 Å². The number of morpholine rings is 1. The van der Waals surface area contributed by atoms with Crippen molar-refractivity contribution < 1.29 is 9.53 Å². The van der Waals surface area contributed by atoms with E-state index in [0.29, 0.717) is 19.0 Å². The summed E-state index contributed by atoms with van der Waals surface area (Å²) in [7, 11) is 0. The lowest BCUT2D eigenvalue weighted by molar-refractivity contribution is -0.0585. The molecule has 2 atom stereocenters. The molecule has 2 aromatic heterocycles. The summed E-state index contributed by atoms with van der Waals surface area (Å²) in [5.41, 5.74) is 2.60. The Morgan fingerprint density at radius 3 is 2.52 bits per heavy atom. The minimum Gasteiger partial charge on any atom is -0.372 e. The van der Waals surface area contributed by atoms with Crippen molar-refractivity contribution in [2.45, 2.75) is 64.7 Å². The Kier molecular flexibility index (Phi) is 4.02. The minimum absolute atomic E-state index is 0.0614. The Morgan fingerprint density at radius 2 is 1.92 bits per heavy atom. The topological polar surface area (TPSA) is 60.2 Å². The zero-order chi connectivity index (χ0) is 17.7. The molecule has 0 bridgehead atoms. The molecule has 0 spiro atoms. The van der Waals surface area contributed by atoms with Gasteiger partial charge in [0.05, 0.1) is 29.4 Å². The van der Waals surface area contributed by atoms with E-state index in [2.05, 4.69) is 18.9 Å². The number of ether oxygens (including phenoxy) is 1. The van der Waals surface area contributed by atoms with Crippen molar-refractivity contribution in [3.63, 3.8) is 0 Å². The molecule has 3 heterocycles.